The van der Waals surface area contributed by atoms with Gasteiger partial charge in [0, 0.05) is 38.1 Å². The Hall–Kier alpha value is -1.21. The quantitative estimate of drug-likeness (QED) is 0.883. The number of aliphatic hydroxyl groups is 1. The van der Waals surface area contributed by atoms with Crippen molar-refractivity contribution >= 4 is 11.3 Å². The summed E-state index contributed by atoms with van der Waals surface area (Å²) in [6.45, 7) is 8.11. The Kier molecular flexibility index (Phi) is 5.25. The van der Waals surface area contributed by atoms with Crippen LogP contribution in [0.1, 0.15) is 29.1 Å². The van der Waals surface area contributed by atoms with E-state index in [1.807, 2.05) is 12.1 Å². The Labute approximate surface area is 135 Å². The number of furan rings is 1. The highest BCUT2D eigenvalue weighted by molar-refractivity contribution is 7.09. The number of piperazine rings is 1. The van der Waals surface area contributed by atoms with Crippen molar-refractivity contribution in [2.45, 2.75) is 33.0 Å². The molecule has 1 saturated heterocycles. The van der Waals surface area contributed by atoms with Crippen molar-refractivity contribution in [2.24, 2.45) is 0 Å². The fourth-order valence-electron chi connectivity index (χ4n) is 2.73. The lowest BCUT2D eigenvalue weighted by molar-refractivity contribution is 0.114. The van der Waals surface area contributed by atoms with Gasteiger partial charge in [0.05, 0.1) is 17.2 Å². The molecule has 3 heterocycles. The zero-order chi connectivity index (χ0) is 15.4. The lowest BCUT2D eigenvalue weighted by atomic mass is 10.3. The molecule has 0 unspecified atom stereocenters. The van der Waals surface area contributed by atoms with Crippen molar-refractivity contribution in [3.8, 4) is 0 Å². The summed E-state index contributed by atoms with van der Waals surface area (Å²) in [6, 6.07) is 3.80. The molecule has 3 rings (SSSR count). The predicted molar refractivity (Wildman–Crippen MR) is 86.7 cm³/mol. The maximum absolute atomic E-state index is 9.03. The Morgan fingerprint density at radius 3 is 2.41 bits per heavy atom. The van der Waals surface area contributed by atoms with Gasteiger partial charge in [-0.1, -0.05) is 6.92 Å². The standard InChI is InChI=1S/C16H23N3O2S/c1-2-16-17-13(12-22-16)9-18-5-7-19(8-6-18)10-14-3-4-15(11-20)21-14/h3-4,12,20H,2,5-11H2,1H3. The molecule has 5 nitrogen and oxygen atoms in total. The zero-order valence-electron chi connectivity index (χ0n) is 13.0. The van der Waals surface area contributed by atoms with Gasteiger partial charge in [-0.15, -0.1) is 11.3 Å². The van der Waals surface area contributed by atoms with Crippen molar-refractivity contribution in [3.05, 3.63) is 39.7 Å². The summed E-state index contributed by atoms with van der Waals surface area (Å²) in [7, 11) is 0. The van der Waals surface area contributed by atoms with Crippen LogP contribution in [0.2, 0.25) is 0 Å². The number of aromatic nitrogens is 1. The van der Waals surface area contributed by atoms with Crippen LogP contribution in [0.3, 0.4) is 0 Å². The van der Waals surface area contributed by atoms with Crippen molar-refractivity contribution in [3.63, 3.8) is 0 Å². The first kappa shape index (κ1) is 15.7. The second-order valence-electron chi connectivity index (χ2n) is 5.66. The van der Waals surface area contributed by atoms with Gasteiger partial charge in [0.1, 0.15) is 18.1 Å². The van der Waals surface area contributed by atoms with Gasteiger partial charge in [-0.3, -0.25) is 9.80 Å². The smallest absolute Gasteiger partial charge is 0.129 e. The molecular weight excluding hydrogens is 298 g/mol. The first-order valence-corrected chi connectivity index (χ1v) is 8.71. The van der Waals surface area contributed by atoms with E-state index in [4.69, 9.17) is 9.52 Å². The minimum atomic E-state index is -0.0266. The monoisotopic (exact) mass is 321 g/mol. The molecule has 0 radical (unpaired) electrons. The normalized spacial score (nSPS) is 17.2. The van der Waals surface area contributed by atoms with Gasteiger partial charge in [0.15, 0.2) is 0 Å². The second kappa shape index (κ2) is 7.37. The summed E-state index contributed by atoms with van der Waals surface area (Å²) in [4.78, 5) is 9.51. The van der Waals surface area contributed by atoms with Crippen LogP contribution in [-0.2, 0) is 26.1 Å². The van der Waals surface area contributed by atoms with Gasteiger partial charge in [-0.2, -0.15) is 0 Å². The van der Waals surface area contributed by atoms with E-state index in [9.17, 15) is 0 Å². The van der Waals surface area contributed by atoms with Gasteiger partial charge in [-0.05, 0) is 18.6 Å². The van der Waals surface area contributed by atoms with E-state index in [1.54, 1.807) is 11.3 Å². The molecule has 0 spiro atoms. The van der Waals surface area contributed by atoms with Crippen LogP contribution in [0.15, 0.2) is 21.9 Å². The molecule has 0 aromatic carbocycles. The third-order valence-corrected chi connectivity index (χ3v) is 5.05. The van der Waals surface area contributed by atoms with Crippen molar-refractivity contribution in [1.29, 1.82) is 0 Å². The lowest BCUT2D eigenvalue weighted by Gasteiger charge is -2.33. The van der Waals surface area contributed by atoms with Crippen molar-refractivity contribution < 1.29 is 9.52 Å². The summed E-state index contributed by atoms with van der Waals surface area (Å²) >= 11 is 1.76. The molecule has 0 aliphatic carbocycles. The van der Waals surface area contributed by atoms with Gasteiger partial charge in [-0.25, -0.2) is 4.98 Å². The predicted octanol–water partition coefficient (Wildman–Crippen LogP) is 2.11. The molecule has 1 aliphatic rings. The molecule has 22 heavy (non-hydrogen) atoms. The summed E-state index contributed by atoms with van der Waals surface area (Å²) in [5, 5.41) is 12.4. The van der Waals surface area contributed by atoms with Crippen LogP contribution in [0.4, 0.5) is 0 Å². The Bertz CT molecular complexity index is 535. The highest BCUT2D eigenvalue weighted by Crippen LogP contribution is 2.15. The van der Waals surface area contributed by atoms with Crippen LogP contribution in [0.5, 0.6) is 0 Å². The van der Waals surface area contributed by atoms with Gasteiger partial charge < -0.3 is 9.52 Å². The average molecular weight is 321 g/mol. The SMILES string of the molecule is CCc1nc(CN2CCN(Cc3ccc(CO)o3)CC2)cs1. The first-order chi connectivity index (χ1) is 10.8. The number of hydrogen-bond acceptors (Lipinski definition) is 6. The minimum absolute atomic E-state index is 0.0266. The molecule has 0 amide bonds. The highest BCUT2D eigenvalue weighted by Gasteiger charge is 2.18. The lowest BCUT2D eigenvalue weighted by Crippen LogP contribution is -2.45. The van der Waals surface area contributed by atoms with Crippen molar-refractivity contribution in [1.82, 2.24) is 14.8 Å². The van der Waals surface area contributed by atoms with E-state index in [0.29, 0.717) is 5.76 Å². The van der Waals surface area contributed by atoms with E-state index >= 15 is 0 Å². The molecule has 0 atom stereocenters. The average Bonchev–Trinajstić information content (AvgIpc) is 3.18. The third kappa shape index (κ3) is 3.95. The van der Waals surface area contributed by atoms with Gasteiger partial charge in [0.2, 0.25) is 0 Å². The second-order valence-corrected chi connectivity index (χ2v) is 6.61. The highest BCUT2D eigenvalue weighted by atomic mass is 32.1. The molecule has 120 valence electrons. The van der Waals surface area contributed by atoms with E-state index in [2.05, 4.69) is 27.1 Å². The van der Waals surface area contributed by atoms with Crippen LogP contribution >= 0.6 is 11.3 Å². The number of aryl methyl sites for hydroxylation is 1. The van der Waals surface area contributed by atoms with Crippen LogP contribution in [-0.4, -0.2) is 46.1 Å². The van der Waals surface area contributed by atoms with Crippen molar-refractivity contribution in [2.75, 3.05) is 26.2 Å². The fourth-order valence-corrected chi connectivity index (χ4v) is 3.47. The molecule has 1 N–H and O–H groups in total. The molecule has 2 aromatic heterocycles. The topological polar surface area (TPSA) is 52.7 Å². The van der Waals surface area contributed by atoms with Crippen LogP contribution in [0.25, 0.3) is 0 Å². The van der Waals surface area contributed by atoms with E-state index in [0.717, 1.165) is 51.4 Å². The Balaban J connectivity index is 1.45. The minimum Gasteiger partial charge on any atom is -0.462 e. The summed E-state index contributed by atoms with van der Waals surface area (Å²) in [5.74, 6) is 1.58. The molecule has 1 aliphatic heterocycles. The number of rotatable bonds is 6. The summed E-state index contributed by atoms with van der Waals surface area (Å²) < 4.78 is 5.56. The number of thiazole rings is 1. The Morgan fingerprint density at radius 2 is 1.82 bits per heavy atom. The molecule has 2 aromatic rings. The fraction of sp³-hybridized carbons (Fsp3) is 0.562. The van der Waals surface area contributed by atoms with Crippen LogP contribution in [0, 0.1) is 0 Å². The molecule has 6 heteroatoms. The van der Waals surface area contributed by atoms with Gasteiger partial charge in [0.25, 0.3) is 0 Å². The molecule has 0 saturated carbocycles. The van der Waals surface area contributed by atoms with Crippen LogP contribution < -0.4 is 0 Å². The largest absolute Gasteiger partial charge is 0.462 e. The summed E-state index contributed by atoms with van der Waals surface area (Å²) in [5.41, 5.74) is 1.20. The molecular formula is C16H23N3O2S. The third-order valence-electron chi connectivity index (χ3n) is 4.00. The maximum atomic E-state index is 9.03. The zero-order valence-corrected chi connectivity index (χ0v) is 13.8. The first-order valence-electron chi connectivity index (χ1n) is 7.83. The number of hydrogen-bond donors (Lipinski definition) is 1. The van der Waals surface area contributed by atoms with E-state index in [1.165, 1.54) is 10.7 Å². The maximum Gasteiger partial charge on any atom is 0.129 e. The Morgan fingerprint density at radius 1 is 1.14 bits per heavy atom. The number of nitrogens with zero attached hydrogens (tertiary/aromatic N) is 3. The number of aliphatic hydroxyl groups excluding tert-OH is 1. The van der Waals surface area contributed by atoms with E-state index in [-0.39, 0.29) is 6.61 Å². The molecule has 1 fully saturated rings. The van der Waals surface area contributed by atoms with E-state index < -0.39 is 0 Å². The molecule has 0 bridgehead atoms. The van der Waals surface area contributed by atoms with Gasteiger partial charge >= 0.3 is 0 Å². The summed E-state index contributed by atoms with van der Waals surface area (Å²) in [6.07, 6.45) is 1.03.